The summed E-state index contributed by atoms with van der Waals surface area (Å²) in [5.41, 5.74) is 3.78. The van der Waals surface area contributed by atoms with Gasteiger partial charge in [0.25, 0.3) is 5.91 Å². The maximum atomic E-state index is 12.1. The summed E-state index contributed by atoms with van der Waals surface area (Å²) in [5, 5.41) is 4.54. The minimum atomic E-state index is -0.475. The molecule has 29 heavy (non-hydrogen) atoms. The molecule has 1 heterocycles. The second-order valence-corrected chi connectivity index (χ2v) is 6.67. The highest BCUT2D eigenvalue weighted by Gasteiger charge is 2.11. The van der Waals surface area contributed by atoms with Crippen molar-refractivity contribution in [2.24, 2.45) is 5.10 Å². The molecule has 0 atom stereocenters. The highest BCUT2D eigenvalue weighted by molar-refractivity contribution is 6.36. The Morgan fingerprint density at radius 2 is 1.97 bits per heavy atom. The van der Waals surface area contributed by atoms with Crippen LogP contribution in [0.4, 0.5) is 0 Å². The number of nitrogens with zero attached hydrogens (tertiary/aromatic N) is 1. The quantitative estimate of drug-likeness (QED) is 0.331. The summed E-state index contributed by atoms with van der Waals surface area (Å²) in [6, 6.07) is 14.9. The molecule has 0 aliphatic carbocycles. The average molecular weight is 431 g/mol. The van der Waals surface area contributed by atoms with Gasteiger partial charge in [-0.15, -0.1) is 0 Å². The van der Waals surface area contributed by atoms with Gasteiger partial charge < -0.3 is 9.15 Å². The molecule has 6 nitrogen and oxygen atoms in total. The molecule has 0 fully saturated rings. The number of amides is 1. The number of ether oxygens (including phenoxy) is 1. The van der Waals surface area contributed by atoms with Crippen molar-refractivity contribution in [3.63, 3.8) is 0 Å². The third kappa shape index (κ3) is 5.25. The summed E-state index contributed by atoms with van der Waals surface area (Å²) in [5.74, 6) is 0.0943. The zero-order valence-corrected chi connectivity index (χ0v) is 16.8. The number of halogens is 2. The van der Waals surface area contributed by atoms with Crippen molar-refractivity contribution in [3.8, 4) is 11.3 Å². The number of hydrogen-bond acceptors (Lipinski definition) is 5. The number of benzene rings is 2. The van der Waals surface area contributed by atoms with Gasteiger partial charge in [0.2, 0.25) is 0 Å². The van der Waals surface area contributed by atoms with Crippen LogP contribution >= 0.6 is 23.2 Å². The Morgan fingerprint density at radius 3 is 2.72 bits per heavy atom. The Hall–Kier alpha value is -3.09. The largest absolute Gasteiger partial charge is 0.462 e. The van der Waals surface area contributed by atoms with Crippen LogP contribution in [0.5, 0.6) is 0 Å². The molecule has 3 aromatic rings. The third-order valence-electron chi connectivity index (χ3n) is 3.82. The van der Waals surface area contributed by atoms with Gasteiger partial charge in [-0.05, 0) is 49.4 Å². The second kappa shape index (κ2) is 9.41. The zero-order valence-electron chi connectivity index (χ0n) is 15.3. The van der Waals surface area contributed by atoms with E-state index in [1.807, 2.05) is 6.07 Å². The maximum Gasteiger partial charge on any atom is 0.338 e. The van der Waals surface area contributed by atoms with Gasteiger partial charge in [-0.2, -0.15) is 5.10 Å². The summed E-state index contributed by atoms with van der Waals surface area (Å²) < 4.78 is 10.7. The van der Waals surface area contributed by atoms with E-state index < -0.39 is 11.9 Å². The summed E-state index contributed by atoms with van der Waals surface area (Å²) in [6.45, 7) is 2.05. The van der Waals surface area contributed by atoms with E-state index in [0.29, 0.717) is 34.3 Å². The van der Waals surface area contributed by atoms with Gasteiger partial charge >= 0.3 is 5.97 Å². The maximum absolute atomic E-state index is 12.1. The predicted octanol–water partition coefficient (Wildman–Crippen LogP) is 5.19. The third-order valence-corrected chi connectivity index (χ3v) is 4.37. The highest BCUT2D eigenvalue weighted by Crippen LogP contribution is 2.23. The molecule has 0 unspecified atom stereocenters. The minimum Gasteiger partial charge on any atom is -0.462 e. The van der Waals surface area contributed by atoms with Crippen LogP contribution in [0.2, 0.25) is 10.0 Å². The molecule has 0 bridgehead atoms. The highest BCUT2D eigenvalue weighted by atomic mass is 35.5. The molecular formula is C21H16Cl2N2O4. The van der Waals surface area contributed by atoms with E-state index >= 15 is 0 Å². The minimum absolute atomic E-state index is 0.229. The molecule has 0 radical (unpaired) electrons. The van der Waals surface area contributed by atoms with Crippen LogP contribution < -0.4 is 5.43 Å². The van der Waals surface area contributed by atoms with Crippen molar-refractivity contribution in [2.45, 2.75) is 6.92 Å². The molecule has 0 saturated heterocycles. The number of nitrogens with one attached hydrogen (secondary N) is 1. The number of hydrazone groups is 1. The Labute approximate surface area is 177 Å². The summed E-state index contributed by atoms with van der Waals surface area (Å²) in [6.07, 6.45) is 1.36. The fraction of sp³-hybridized carbons (Fsp3) is 0.0952. The van der Waals surface area contributed by atoms with Crippen molar-refractivity contribution < 1.29 is 18.7 Å². The summed E-state index contributed by atoms with van der Waals surface area (Å²) in [7, 11) is 0. The first-order valence-electron chi connectivity index (χ1n) is 8.63. The molecule has 0 saturated carbocycles. The van der Waals surface area contributed by atoms with Crippen LogP contribution in [-0.4, -0.2) is 24.7 Å². The van der Waals surface area contributed by atoms with Crippen LogP contribution in [0.25, 0.3) is 11.3 Å². The average Bonchev–Trinajstić information content (AvgIpc) is 3.17. The van der Waals surface area contributed by atoms with Crippen LogP contribution in [0.1, 0.15) is 33.4 Å². The van der Waals surface area contributed by atoms with Crippen LogP contribution in [-0.2, 0) is 4.74 Å². The van der Waals surface area contributed by atoms with Crippen molar-refractivity contribution in [2.75, 3.05) is 6.61 Å². The molecule has 1 aromatic heterocycles. The van der Waals surface area contributed by atoms with E-state index in [0.717, 1.165) is 0 Å². The second-order valence-electron chi connectivity index (χ2n) is 5.83. The summed E-state index contributed by atoms with van der Waals surface area (Å²) in [4.78, 5) is 24.0. The summed E-state index contributed by atoms with van der Waals surface area (Å²) >= 11 is 11.8. The van der Waals surface area contributed by atoms with Gasteiger partial charge in [0.05, 0.1) is 29.0 Å². The lowest BCUT2D eigenvalue weighted by atomic mass is 10.1. The lowest BCUT2D eigenvalue weighted by molar-refractivity contribution is 0.0526. The van der Waals surface area contributed by atoms with Crippen molar-refractivity contribution in [3.05, 3.63) is 81.5 Å². The van der Waals surface area contributed by atoms with Crippen LogP contribution in [0, 0.1) is 0 Å². The number of furan rings is 1. The standard InChI is InChI=1S/C21H16Cl2N2O4/c1-2-28-21(27)14-5-3-4-13(10-14)19-9-7-16(29-19)12-24-25-20(26)17-8-6-15(22)11-18(17)23/h3-12H,2H2,1H3,(H,25,26)/b24-12+. The predicted molar refractivity (Wildman–Crippen MR) is 112 cm³/mol. The first-order valence-corrected chi connectivity index (χ1v) is 9.39. The molecule has 0 aliphatic rings. The fourth-order valence-electron chi connectivity index (χ4n) is 2.48. The first-order chi connectivity index (χ1) is 14.0. The zero-order chi connectivity index (χ0) is 20.8. The van der Waals surface area contributed by atoms with Crippen LogP contribution in [0.15, 0.2) is 64.1 Å². The smallest absolute Gasteiger partial charge is 0.338 e. The van der Waals surface area contributed by atoms with Crippen LogP contribution in [0.3, 0.4) is 0 Å². The van der Waals surface area contributed by atoms with Gasteiger partial charge in [0, 0.05) is 10.6 Å². The number of esters is 1. The number of carbonyl (C=O) groups is 2. The Bertz CT molecular complexity index is 1080. The Morgan fingerprint density at radius 1 is 1.14 bits per heavy atom. The van der Waals surface area contributed by atoms with E-state index in [1.54, 1.807) is 43.3 Å². The molecule has 1 amide bonds. The van der Waals surface area contributed by atoms with Crippen molar-refractivity contribution in [1.82, 2.24) is 5.43 Å². The molecular weight excluding hydrogens is 415 g/mol. The monoisotopic (exact) mass is 430 g/mol. The molecule has 1 N–H and O–H groups in total. The topological polar surface area (TPSA) is 80.9 Å². The molecule has 8 heteroatoms. The van der Waals surface area contributed by atoms with Crippen molar-refractivity contribution >= 4 is 41.3 Å². The van der Waals surface area contributed by atoms with Gasteiger partial charge in [0.1, 0.15) is 11.5 Å². The first kappa shape index (κ1) is 20.6. The lowest BCUT2D eigenvalue weighted by Gasteiger charge is -2.03. The fourth-order valence-corrected chi connectivity index (χ4v) is 2.97. The van der Waals surface area contributed by atoms with Gasteiger partial charge in [0.15, 0.2) is 0 Å². The number of carbonyl (C=O) groups excluding carboxylic acids is 2. The van der Waals surface area contributed by atoms with E-state index in [4.69, 9.17) is 32.4 Å². The number of hydrogen-bond donors (Lipinski definition) is 1. The Balaban J connectivity index is 1.68. The van der Waals surface area contributed by atoms with Gasteiger partial charge in [-0.3, -0.25) is 4.79 Å². The SMILES string of the molecule is CCOC(=O)c1cccc(-c2ccc(/C=N/NC(=O)c3ccc(Cl)cc3Cl)o2)c1. The Kier molecular flexibility index (Phi) is 6.69. The molecule has 0 spiro atoms. The van der Waals surface area contributed by atoms with E-state index in [1.165, 1.54) is 18.3 Å². The number of rotatable bonds is 6. The molecule has 0 aliphatic heterocycles. The molecule has 148 valence electrons. The lowest BCUT2D eigenvalue weighted by Crippen LogP contribution is -2.17. The molecule has 3 rings (SSSR count). The normalized spacial score (nSPS) is 10.9. The van der Waals surface area contributed by atoms with E-state index in [2.05, 4.69) is 10.5 Å². The van der Waals surface area contributed by atoms with E-state index in [-0.39, 0.29) is 10.6 Å². The molecule has 2 aromatic carbocycles. The van der Waals surface area contributed by atoms with Crippen molar-refractivity contribution in [1.29, 1.82) is 0 Å². The van der Waals surface area contributed by atoms with E-state index in [9.17, 15) is 9.59 Å². The van der Waals surface area contributed by atoms with Gasteiger partial charge in [-0.25, -0.2) is 10.2 Å². The van der Waals surface area contributed by atoms with Gasteiger partial charge in [-0.1, -0.05) is 35.3 Å².